The van der Waals surface area contributed by atoms with Gasteiger partial charge in [0.2, 0.25) is 6.08 Å². The lowest BCUT2D eigenvalue weighted by atomic mass is 10.1. The predicted molar refractivity (Wildman–Crippen MR) is 54.5 cm³/mol. The number of halogens is 2. The molecule has 16 heavy (non-hydrogen) atoms. The monoisotopic (exact) mass is 227 g/mol. The number of aliphatic imine (C=N–C) groups is 1. The Hall–Kier alpha value is -1.74. The van der Waals surface area contributed by atoms with E-state index in [9.17, 15) is 13.6 Å². The maximum atomic E-state index is 13.5. The zero-order valence-corrected chi connectivity index (χ0v) is 8.74. The second-order valence-electron chi connectivity index (χ2n) is 3.16. The van der Waals surface area contributed by atoms with Crippen molar-refractivity contribution in [1.29, 1.82) is 0 Å². The lowest BCUT2D eigenvalue weighted by Gasteiger charge is -2.15. The van der Waals surface area contributed by atoms with Gasteiger partial charge in [-0.25, -0.2) is 18.6 Å². The fourth-order valence-electron chi connectivity index (χ4n) is 1.22. The normalized spacial score (nSPS) is 10.7. The van der Waals surface area contributed by atoms with Gasteiger partial charge in [0, 0.05) is 12.0 Å². The van der Waals surface area contributed by atoms with Crippen LogP contribution in [0.5, 0.6) is 5.75 Å². The topological polar surface area (TPSA) is 38.7 Å². The van der Waals surface area contributed by atoms with Crippen LogP contribution >= 0.6 is 0 Å². The molecule has 86 valence electrons. The molecule has 0 amide bonds. The van der Waals surface area contributed by atoms with Crippen molar-refractivity contribution in [3.63, 3.8) is 0 Å². The zero-order chi connectivity index (χ0) is 12.0. The van der Waals surface area contributed by atoms with E-state index in [4.69, 9.17) is 4.74 Å². The Morgan fingerprint density at radius 1 is 1.38 bits per heavy atom. The molecule has 0 unspecified atom stereocenters. The Balaban J connectivity index is 2.76. The van der Waals surface area contributed by atoms with Crippen LogP contribution < -0.4 is 4.74 Å². The lowest BCUT2D eigenvalue weighted by Crippen LogP contribution is -2.14. The molecule has 0 heterocycles. The first-order valence-electron chi connectivity index (χ1n) is 4.66. The van der Waals surface area contributed by atoms with Crippen molar-refractivity contribution in [3.05, 3.63) is 29.8 Å². The lowest BCUT2D eigenvalue weighted by molar-refractivity contribution is -0.0106. The summed E-state index contributed by atoms with van der Waals surface area (Å²) in [5.74, 6) is -2.47. The molecule has 0 spiro atoms. The van der Waals surface area contributed by atoms with Crippen LogP contribution in [0.25, 0.3) is 0 Å². The molecule has 0 saturated heterocycles. The minimum Gasteiger partial charge on any atom is -0.497 e. The molecule has 0 aliphatic carbocycles. The number of methoxy groups -OCH3 is 1. The Bertz CT molecular complexity index is 383. The Morgan fingerprint density at radius 2 is 2.00 bits per heavy atom. The van der Waals surface area contributed by atoms with E-state index in [1.54, 1.807) is 0 Å². The van der Waals surface area contributed by atoms with Crippen molar-refractivity contribution >= 4 is 6.08 Å². The molecule has 0 saturated carbocycles. The minimum atomic E-state index is -2.99. The largest absolute Gasteiger partial charge is 0.497 e. The molecule has 0 aliphatic heterocycles. The molecule has 1 aromatic carbocycles. The number of ether oxygens (including phenoxy) is 1. The van der Waals surface area contributed by atoms with Gasteiger partial charge in [-0.2, -0.15) is 0 Å². The van der Waals surface area contributed by atoms with Gasteiger partial charge in [-0.05, 0) is 24.3 Å². The van der Waals surface area contributed by atoms with Gasteiger partial charge >= 0.3 is 0 Å². The number of hydrogen-bond acceptors (Lipinski definition) is 3. The fourth-order valence-corrected chi connectivity index (χ4v) is 1.22. The van der Waals surface area contributed by atoms with Gasteiger partial charge < -0.3 is 4.74 Å². The third-order valence-electron chi connectivity index (χ3n) is 2.11. The molecule has 0 atom stereocenters. The van der Waals surface area contributed by atoms with Crippen molar-refractivity contribution in [2.45, 2.75) is 12.3 Å². The molecule has 0 aliphatic rings. The number of carbonyl (C=O) groups excluding carboxylic acids is 1. The van der Waals surface area contributed by atoms with Gasteiger partial charge in [0.1, 0.15) is 5.75 Å². The molecule has 0 fully saturated rings. The van der Waals surface area contributed by atoms with Gasteiger partial charge in [0.25, 0.3) is 5.92 Å². The van der Waals surface area contributed by atoms with Gasteiger partial charge in [0.15, 0.2) is 0 Å². The van der Waals surface area contributed by atoms with Crippen LogP contribution in [0.3, 0.4) is 0 Å². The summed E-state index contributed by atoms with van der Waals surface area (Å²) in [6.07, 6.45) is 0.726. The Kier molecular flexibility index (Phi) is 4.14. The Labute approximate surface area is 91.8 Å². The average molecular weight is 227 g/mol. The molecule has 0 N–H and O–H groups in total. The van der Waals surface area contributed by atoms with Gasteiger partial charge in [-0.3, -0.25) is 0 Å². The van der Waals surface area contributed by atoms with Gasteiger partial charge in [0.05, 0.1) is 13.7 Å². The summed E-state index contributed by atoms with van der Waals surface area (Å²) in [5.41, 5.74) is -0.116. The SMILES string of the molecule is COc1ccc(C(F)(F)CCN=C=O)cc1. The first-order valence-corrected chi connectivity index (χ1v) is 4.66. The maximum absolute atomic E-state index is 13.5. The van der Waals surface area contributed by atoms with Crippen molar-refractivity contribution in [2.24, 2.45) is 4.99 Å². The maximum Gasteiger partial charge on any atom is 0.275 e. The van der Waals surface area contributed by atoms with Crippen molar-refractivity contribution in [1.82, 2.24) is 0 Å². The first-order chi connectivity index (χ1) is 7.60. The minimum absolute atomic E-state index is 0.116. The second-order valence-corrected chi connectivity index (χ2v) is 3.16. The van der Waals surface area contributed by atoms with E-state index in [-0.39, 0.29) is 12.1 Å². The van der Waals surface area contributed by atoms with Gasteiger partial charge in [-0.15, -0.1) is 0 Å². The molecule has 3 nitrogen and oxygen atoms in total. The van der Waals surface area contributed by atoms with Crippen LogP contribution in [0.15, 0.2) is 29.3 Å². The standard InChI is InChI=1S/C11H11F2NO2/c1-16-10-4-2-9(3-5-10)11(12,13)6-7-14-8-15/h2-5H,6-7H2,1H3. The van der Waals surface area contributed by atoms with Crippen molar-refractivity contribution in [2.75, 3.05) is 13.7 Å². The number of hydrogen-bond donors (Lipinski definition) is 0. The highest BCUT2D eigenvalue weighted by molar-refractivity contribution is 5.33. The van der Waals surface area contributed by atoms with Crippen molar-refractivity contribution in [3.8, 4) is 5.75 Å². The summed E-state index contributed by atoms with van der Waals surface area (Å²) in [6.45, 7) is -0.234. The molecule has 0 bridgehead atoms. The third-order valence-corrected chi connectivity index (χ3v) is 2.11. The van der Waals surface area contributed by atoms with Crippen LogP contribution in [-0.4, -0.2) is 19.7 Å². The third kappa shape index (κ3) is 3.14. The van der Waals surface area contributed by atoms with Crippen LogP contribution in [0.1, 0.15) is 12.0 Å². The van der Waals surface area contributed by atoms with Crippen LogP contribution in [0.2, 0.25) is 0 Å². The molecule has 0 aromatic heterocycles. The van der Waals surface area contributed by atoms with E-state index in [0.29, 0.717) is 5.75 Å². The Morgan fingerprint density at radius 3 is 2.50 bits per heavy atom. The zero-order valence-electron chi connectivity index (χ0n) is 8.74. The number of nitrogens with zero attached hydrogens (tertiary/aromatic N) is 1. The highest BCUT2D eigenvalue weighted by atomic mass is 19.3. The van der Waals surface area contributed by atoms with Crippen LogP contribution in [0.4, 0.5) is 8.78 Å². The van der Waals surface area contributed by atoms with E-state index in [2.05, 4.69) is 4.99 Å². The summed E-state index contributed by atoms with van der Waals surface area (Å²) in [7, 11) is 1.46. The molecule has 1 rings (SSSR count). The second kappa shape index (κ2) is 5.37. The summed E-state index contributed by atoms with van der Waals surface area (Å²) < 4.78 is 31.8. The first kappa shape index (κ1) is 12.3. The number of alkyl halides is 2. The van der Waals surface area contributed by atoms with E-state index >= 15 is 0 Å². The summed E-state index contributed by atoms with van der Waals surface area (Å²) >= 11 is 0. The van der Waals surface area contributed by atoms with Crippen LogP contribution in [-0.2, 0) is 10.7 Å². The number of benzene rings is 1. The average Bonchev–Trinajstić information content (AvgIpc) is 2.29. The summed E-state index contributed by atoms with van der Waals surface area (Å²) in [5, 5.41) is 0. The van der Waals surface area contributed by atoms with Crippen molar-refractivity contribution < 1.29 is 18.3 Å². The quantitative estimate of drug-likeness (QED) is 0.572. The molecule has 1 aromatic rings. The van der Waals surface area contributed by atoms with Crippen LogP contribution in [0, 0.1) is 0 Å². The van der Waals surface area contributed by atoms with E-state index in [0.717, 1.165) is 0 Å². The molecular formula is C11H11F2NO2. The summed E-state index contributed by atoms with van der Waals surface area (Å²) in [6, 6.07) is 5.52. The van der Waals surface area contributed by atoms with E-state index in [1.807, 2.05) is 0 Å². The molecule has 0 radical (unpaired) electrons. The van der Waals surface area contributed by atoms with Gasteiger partial charge in [-0.1, -0.05) is 0 Å². The van der Waals surface area contributed by atoms with E-state index < -0.39 is 12.3 Å². The highest BCUT2D eigenvalue weighted by Crippen LogP contribution is 2.32. The van der Waals surface area contributed by atoms with E-state index in [1.165, 1.54) is 37.5 Å². The predicted octanol–water partition coefficient (Wildman–Crippen LogP) is 2.51. The molecule has 5 heteroatoms. The smallest absolute Gasteiger partial charge is 0.275 e. The summed E-state index contributed by atoms with van der Waals surface area (Å²) in [4.78, 5) is 12.9. The molecular weight excluding hydrogens is 216 g/mol. The fraction of sp³-hybridized carbons (Fsp3) is 0.364. The number of isocyanates is 1. The number of rotatable bonds is 5. The highest BCUT2D eigenvalue weighted by Gasteiger charge is 2.30.